The maximum Gasteiger partial charge on any atom is 0.0889 e. The van der Waals surface area contributed by atoms with E-state index in [1.165, 1.54) is 18.7 Å². The molecule has 1 aromatic heterocycles. The van der Waals surface area contributed by atoms with Crippen molar-refractivity contribution in [2.45, 2.75) is 6.17 Å². The molecule has 86 valence electrons. The molecule has 2 unspecified atom stereocenters. The van der Waals surface area contributed by atoms with Gasteiger partial charge in [-0.1, -0.05) is 0 Å². The molecule has 0 saturated carbocycles. The minimum absolute atomic E-state index is 0.477. The number of hydrogen-bond acceptors (Lipinski definition) is 4. The van der Waals surface area contributed by atoms with E-state index in [2.05, 4.69) is 32.2 Å². The van der Waals surface area contributed by atoms with Crippen LogP contribution in [0.4, 0.5) is 0 Å². The van der Waals surface area contributed by atoms with Crippen LogP contribution in [0.25, 0.3) is 0 Å². The van der Waals surface area contributed by atoms with Crippen molar-refractivity contribution in [2.75, 3.05) is 39.3 Å². The molecule has 3 heterocycles. The van der Waals surface area contributed by atoms with Crippen molar-refractivity contribution in [1.82, 2.24) is 20.1 Å². The number of rotatable bonds is 1. The van der Waals surface area contributed by atoms with Gasteiger partial charge in [0.15, 0.2) is 0 Å². The monoisotopic (exact) mass is 218 g/mol. The predicted molar refractivity (Wildman–Crippen MR) is 63.0 cm³/mol. The zero-order valence-corrected chi connectivity index (χ0v) is 9.47. The van der Waals surface area contributed by atoms with E-state index in [0.717, 1.165) is 26.2 Å². The van der Waals surface area contributed by atoms with E-state index in [4.69, 9.17) is 0 Å². The number of nitrogens with zero attached hydrogens (tertiary/aromatic N) is 3. The second-order valence-electron chi connectivity index (χ2n) is 4.48. The van der Waals surface area contributed by atoms with Gasteiger partial charge in [0.2, 0.25) is 0 Å². The van der Waals surface area contributed by atoms with Gasteiger partial charge >= 0.3 is 0 Å². The molecule has 0 spiro atoms. The number of aromatic nitrogens is 1. The molecule has 2 aliphatic heterocycles. The lowest BCUT2D eigenvalue weighted by molar-refractivity contribution is 0.126. The Bertz CT molecular complexity index is 326. The van der Waals surface area contributed by atoms with Crippen molar-refractivity contribution in [2.24, 2.45) is 0 Å². The molecule has 2 aliphatic rings. The third kappa shape index (κ3) is 1.84. The van der Waals surface area contributed by atoms with Gasteiger partial charge in [0.05, 0.1) is 6.17 Å². The van der Waals surface area contributed by atoms with Crippen LogP contribution in [0.5, 0.6) is 0 Å². The van der Waals surface area contributed by atoms with Crippen LogP contribution in [0.3, 0.4) is 0 Å². The number of nitrogens with one attached hydrogen (secondary N) is 1. The van der Waals surface area contributed by atoms with Crippen LogP contribution in [-0.2, 0) is 0 Å². The van der Waals surface area contributed by atoms with Crippen LogP contribution in [0.15, 0.2) is 24.5 Å². The van der Waals surface area contributed by atoms with E-state index < -0.39 is 0 Å². The second kappa shape index (κ2) is 4.49. The lowest BCUT2D eigenvalue weighted by Crippen LogP contribution is -2.42. The Morgan fingerprint density at radius 3 is 2.25 bits per heavy atom. The van der Waals surface area contributed by atoms with Crippen LogP contribution in [0, 0.1) is 0 Å². The van der Waals surface area contributed by atoms with Crippen molar-refractivity contribution in [1.29, 1.82) is 0 Å². The highest BCUT2D eigenvalue weighted by Gasteiger charge is 2.33. The molecule has 4 nitrogen and oxygen atoms in total. The van der Waals surface area contributed by atoms with Crippen LogP contribution in [0.1, 0.15) is 11.7 Å². The topological polar surface area (TPSA) is 31.4 Å². The highest BCUT2D eigenvalue weighted by Crippen LogP contribution is 2.29. The van der Waals surface area contributed by atoms with Crippen molar-refractivity contribution in [3.8, 4) is 0 Å². The highest BCUT2D eigenvalue weighted by atomic mass is 15.4. The van der Waals surface area contributed by atoms with E-state index in [1.807, 2.05) is 12.4 Å². The van der Waals surface area contributed by atoms with Crippen LogP contribution in [-0.4, -0.2) is 54.1 Å². The summed E-state index contributed by atoms with van der Waals surface area (Å²) >= 11 is 0. The van der Waals surface area contributed by atoms with E-state index in [9.17, 15) is 0 Å². The fraction of sp³-hybridized carbons (Fsp3) is 0.583. The van der Waals surface area contributed by atoms with Crippen LogP contribution in [0.2, 0.25) is 0 Å². The molecule has 1 N–H and O–H groups in total. The Kier molecular flexibility index (Phi) is 2.86. The fourth-order valence-electron chi connectivity index (χ4n) is 2.73. The van der Waals surface area contributed by atoms with Gasteiger partial charge in [0.25, 0.3) is 0 Å². The predicted octanol–water partition coefficient (Wildman–Crippen LogP) is 0.301. The van der Waals surface area contributed by atoms with Gasteiger partial charge in [-0.05, 0) is 17.7 Å². The maximum atomic E-state index is 4.10. The van der Waals surface area contributed by atoms with Gasteiger partial charge < -0.3 is 5.32 Å². The first kappa shape index (κ1) is 10.2. The Balaban J connectivity index is 1.87. The van der Waals surface area contributed by atoms with E-state index in [-0.39, 0.29) is 0 Å². The van der Waals surface area contributed by atoms with E-state index in [1.54, 1.807) is 0 Å². The Labute approximate surface area is 96.3 Å². The summed E-state index contributed by atoms with van der Waals surface area (Å²) in [4.78, 5) is 9.22. The zero-order chi connectivity index (χ0) is 10.8. The van der Waals surface area contributed by atoms with Crippen molar-refractivity contribution in [3.63, 3.8) is 0 Å². The molecule has 1 aromatic rings. The quantitative estimate of drug-likeness (QED) is 0.734. The van der Waals surface area contributed by atoms with Gasteiger partial charge in [-0.15, -0.1) is 0 Å². The van der Waals surface area contributed by atoms with Crippen LogP contribution >= 0.6 is 0 Å². The summed E-state index contributed by atoms with van der Waals surface area (Å²) in [6.45, 7) is 6.88. The zero-order valence-electron chi connectivity index (χ0n) is 9.47. The van der Waals surface area contributed by atoms with Crippen LogP contribution < -0.4 is 5.32 Å². The lowest BCUT2D eigenvalue weighted by atomic mass is 10.2. The molecule has 0 aliphatic carbocycles. The molecule has 2 saturated heterocycles. The minimum Gasteiger partial charge on any atom is -0.314 e. The first-order valence-corrected chi connectivity index (χ1v) is 6.04. The summed E-state index contributed by atoms with van der Waals surface area (Å²) in [7, 11) is 0. The number of fused-ring (bicyclic) bond motifs is 2. The van der Waals surface area contributed by atoms with Crippen molar-refractivity contribution in [3.05, 3.63) is 30.1 Å². The molecule has 0 aromatic carbocycles. The Morgan fingerprint density at radius 1 is 1.00 bits per heavy atom. The number of pyridine rings is 1. The maximum absolute atomic E-state index is 4.10. The van der Waals surface area contributed by atoms with Crippen molar-refractivity contribution < 1.29 is 0 Å². The standard InChI is InChI=1S/C12H18N4/c1-3-13-4-2-11(1)12-15-7-5-14-6-8-16(12)10-9-15/h1-4,12,14H,5-10H2. The average Bonchev–Trinajstić information content (AvgIpc) is 2.74. The van der Waals surface area contributed by atoms with Gasteiger partial charge in [0, 0.05) is 51.7 Å². The molecule has 2 bridgehead atoms. The molecular weight excluding hydrogens is 200 g/mol. The molecule has 16 heavy (non-hydrogen) atoms. The first-order chi connectivity index (χ1) is 7.95. The summed E-state index contributed by atoms with van der Waals surface area (Å²) in [5.41, 5.74) is 1.38. The molecule has 2 atom stereocenters. The molecular formula is C12H18N4. The normalized spacial score (nSPS) is 34.4. The SMILES string of the molecule is c1cc(C2N3CCNCCN2CC3)ccn1. The summed E-state index contributed by atoms with van der Waals surface area (Å²) in [6.07, 6.45) is 4.27. The summed E-state index contributed by atoms with van der Waals surface area (Å²) in [6, 6.07) is 4.29. The lowest BCUT2D eigenvalue weighted by Gasteiger charge is -2.32. The molecule has 0 amide bonds. The highest BCUT2D eigenvalue weighted by molar-refractivity contribution is 5.16. The van der Waals surface area contributed by atoms with Crippen molar-refractivity contribution >= 4 is 0 Å². The molecule has 3 rings (SSSR count). The third-order valence-electron chi connectivity index (χ3n) is 3.52. The second-order valence-corrected chi connectivity index (χ2v) is 4.48. The Hall–Kier alpha value is -0.970. The molecule has 2 fully saturated rings. The van der Waals surface area contributed by atoms with E-state index in [0.29, 0.717) is 6.17 Å². The fourth-order valence-corrected chi connectivity index (χ4v) is 2.73. The van der Waals surface area contributed by atoms with Gasteiger partial charge in [-0.3, -0.25) is 14.8 Å². The molecule has 4 heteroatoms. The first-order valence-electron chi connectivity index (χ1n) is 6.04. The largest absolute Gasteiger partial charge is 0.314 e. The summed E-state index contributed by atoms with van der Waals surface area (Å²) < 4.78 is 0. The number of hydrogen-bond donors (Lipinski definition) is 1. The summed E-state index contributed by atoms with van der Waals surface area (Å²) in [5.74, 6) is 0. The van der Waals surface area contributed by atoms with Gasteiger partial charge in [-0.2, -0.15) is 0 Å². The smallest absolute Gasteiger partial charge is 0.0889 e. The molecule has 0 radical (unpaired) electrons. The van der Waals surface area contributed by atoms with Gasteiger partial charge in [-0.25, -0.2) is 0 Å². The average molecular weight is 218 g/mol. The minimum atomic E-state index is 0.477. The van der Waals surface area contributed by atoms with E-state index >= 15 is 0 Å². The summed E-state index contributed by atoms with van der Waals surface area (Å²) in [5, 5.41) is 3.46. The Morgan fingerprint density at radius 2 is 1.62 bits per heavy atom. The van der Waals surface area contributed by atoms with Gasteiger partial charge in [0.1, 0.15) is 0 Å². The third-order valence-corrected chi connectivity index (χ3v) is 3.52.